The highest BCUT2D eigenvalue weighted by atomic mass is 16.2. The first kappa shape index (κ1) is 19.2. The summed E-state index contributed by atoms with van der Waals surface area (Å²) in [5, 5.41) is 8.84. The van der Waals surface area contributed by atoms with E-state index >= 15 is 0 Å². The van der Waals surface area contributed by atoms with Gasteiger partial charge in [-0.05, 0) is 42.3 Å². The first-order valence-electron chi connectivity index (χ1n) is 9.22. The van der Waals surface area contributed by atoms with Crippen LogP contribution in [0.5, 0.6) is 0 Å². The van der Waals surface area contributed by atoms with Crippen LogP contribution in [0, 0.1) is 0 Å². The van der Waals surface area contributed by atoms with Crippen LogP contribution in [0.15, 0.2) is 84.9 Å². The lowest BCUT2D eigenvalue weighted by Gasteiger charge is -2.10. The van der Waals surface area contributed by atoms with Crippen molar-refractivity contribution in [3.8, 4) is 0 Å². The minimum absolute atomic E-state index is 0.0744. The van der Waals surface area contributed by atoms with E-state index in [9.17, 15) is 9.59 Å². The second-order valence-electron chi connectivity index (χ2n) is 6.34. The fourth-order valence-electron chi connectivity index (χ4n) is 2.74. The van der Waals surface area contributed by atoms with Crippen LogP contribution in [0.4, 0.5) is 11.4 Å². The van der Waals surface area contributed by atoms with Crippen molar-refractivity contribution < 1.29 is 9.59 Å². The molecule has 3 rings (SSSR count). The molecule has 0 atom stereocenters. The lowest BCUT2D eigenvalue weighted by molar-refractivity contribution is -0.119. The zero-order valence-corrected chi connectivity index (χ0v) is 15.5. The van der Waals surface area contributed by atoms with E-state index in [-0.39, 0.29) is 18.4 Å². The van der Waals surface area contributed by atoms with Crippen LogP contribution in [-0.4, -0.2) is 24.9 Å². The molecule has 0 saturated carbocycles. The fourth-order valence-corrected chi connectivity index (χ4v) is 2.74. The van der Waals surface area contributed by atoms with Crippen molar-refractivity contribution in [2.75, 3.05) is 23.7 Å². The Balaban J connectivity index is 1.45. The van der Waals surface area contributed by atoms with E-state index in [1.54, 1.807) is 18.2 Å². The second kappa shape index (κ2) is 9.92. The Kier molecular flexibility index (Phi) is 6.79. The Bertz CT molecular complexity index is 911. The van der Waals surface area contributed by atoms with Crippen molar-refractivity contribution in [2.24, 2.45) is 0 Å². The summed E-state index contributed by atoms with van der Waals surface area (Å²) >= 11 is 0. The van der Waals surface area contributed by atoms with Crippen molar-refractivity contribution in [1.82, 2.24) is 5.32 Å². The van der Waals surface area contributed by atoms with Gasteiger partial charge in [-0.15, -0.1) is 0 Å². The fraction of sp³-hybridized carbons (Fsp3) is 0.130. The SMILES string of the molecule is O=C(CNc1cccc(NC(=O)c2ccccc2)c1)NCCc1ccccc1. The third-order valence-electron chi connectivity index (χ3n) is 4.19. The summed E-state index contributed by atoms with van der Waals surface area (Å²) in [7, 11) is 0. The molecule has 142 valence electrons. The number of nitrogens with one attached hydrogen (secondary N) is 3. The topological polar surface area (TPSA) is 70.2 Å². The molecular formula is C23H23N3O2. The van der Waals surface area contributed by atoms with Gasteiger partial charge in [0.1, 0.15) is 0 Å². The highest BCUT2D eigenvalue weighted by Gasteiger charge is 2.06. The standard InChI is InChI=1S/C23H23N3O2/c27-22(24-15-14-18-8-3-1-4-9-18)17-25-20-12-7-13-21(16-20)26-23(28)19-10-5-2-6-11-19/h1-13,16,25H,14-15,17H2,(H,24,27)(H,26,28). The summed E-state index contributed by atoms with van der Waals surface area (Å²) in [6, 6.07) is 26.4. The van der Waals surface area contributed by atoms with E-state index in [2.05, 4.69) is 16.0 Å². The third-order valence-corrected chi connectivity index (χ3v) is 4.19. The average molecular weight is 373 g/mol. The number of rotatable bonds is 8. The van der Waals surface area contributed by atoms with Gasteiger partial charge in [0.05, 0.1) is 6.54 Å². The van der Waals surface area contributed by atoms with E-state index in [0.29, 0.717) is 17.8 Å². The van der Waals surface area contributed by atoms with E-state index in [1.165, 1.54) is 5.56 Å². The smallest absolute Gasteiger partial charge is 0.255 e. The molecule has 0 spiro atoms. The van der Waals surface area contributed by atoms with Crippen LogP contribution in [0.1, 0.15) is 15.9 Å². The molecule has 5 nitrogen and oxygen atoms in total. The van der Waals surface area contributed by atoms with Gasteiger partial charge in [0.15, 0.2) is 0 Å². The largest absolute Gasteiger partial charge is 0.376 e. The molecular weight excluding hydrogens is 350 g/mol. The van der Waals surface area contributed by atoms with Gasteiger partial charge in [-0.3, -0.25) is 9.59 Å². The summed E-state index contributed by atoms with van der Waals surface area (Å²) in [4.78, 5) is 24.2. The first-order valence-corrected chi connectivity index (χ1v) is 9.22. The van der Waals surface area contributed by atoms with Crippen LogP contribution in [0.25, 0.3) is 0 Å². The number of carbonyl (C=O) groups is 2. The first-order chi connectivity index (χ1) is 13.7. The molecule has 2 amide bonds. The number of anilines is 2. The molecule has 0 saturated heterocycles. The maximum Gasteiger partial charge on any atom is 0.255 e. The molecule has 28 heavy (non-hydrogen) atoms. The number of amides is 2. The average Bonchev–Trinajstić information content (AvgIpc) is 2.74. The monoisotopic (exact) mass is 373 g/mol. The van der Waals surface area contributed by atoms with E-state index in [0.717, 1.165) is 12.1 Å². The molecule has 3 aromatic carbocycles. The molecule has 0 fully saturated rings. The molecule has 0 bridgehead atoms. The molecule has 0 aliphatic heterocycles. The van der Waals surface area contributed by atoms with Crippen molar-refractivity contribution in [3.05, 3.63) is 96.1 Å². The molecule has 0 unspecified atom stereocenters. The summed E-state index contributed by atoms with van der Waals surface area (Å²) in [6.07, 6.45) is 0.799. The Morgan fingerprint density at radius 3 is 2.18 bits per heavy atom. The molecule has 0 heterocycles. The van der Waals surface area contributed by atoms with Gasteiger partial charge in [-0.25, -0.2) is 0 Å². The van der Waals surface area contributed by atoms with Gasteiger partial charge < -0.3 is 16.0 Å². The lowest BCUT2D eigenvalue weighted by atomic mass is 10.1. The van der Waals surface area contributed by atoms with Crippen molar-refractivity contribution >= 4 is 23.2 Å². The van der Waals surface area contributed by atoms with Crippen LogP contribution in [0.3, 0.4) is 0 Å². The summed E-state index contributed by atoms with van der Waals surface area (Å²) < 4.78 is 0. The van der Waals surface area contributed by atoms with Crippen LogP contribution < -0.4 is 16.0 Å². The molecule has 3 N–H and O–H groups in total. The zero-order valence-electron chi connectivity index (χ0n) is 15.5. The van der Waals surface area contributed by atoms with E-state index in [1.807, 2.05) is 66.7 Å². The number of hydrogen-bond donors (Lipinski definition) is 3. The Morgan fingerprint density at radius 1 is 0.750 bits per heavy atom. The van der Waals surface area contributed by atoms with Crippen molar-refractivity contribution in [1.29, 1.82) is 0 Å². The van der Waals surface area contributed by atoms with Gasteiger partial charge in [-0.1, -0.05) is 54.6 Å². The molecule has 3 aromatic rings. The van der Waals surface area contributed by atoms with Gasteiger partial charge in [0.25, 0.3) is 5.91 Å². The second-order valence-corrected chi connectivity index (χ2v) is 6.34. The Hall–Kier alpha value is -3.60. The predicted octanol–water partition coefficient (Wildman–Crippen LogP) is 3.71. The molecule has 0 aromatic heterocycles. The van der Waals surface area contributed by atoms with Gasteiger partial charge in [-0.2, -0.15) is 0 Å². The Morgan fingerprint density at radius 2 is 1.43 bits per heavy atom. The number of carbonyl (C=O) groups excluding carboxylic acids is 2. The highest BCUT2D eigenvalue weighted by molar-refractivity contribution is 6.04. The van der Waals surface area contributed by atoms with Crippen LogP contribution in [-0.2, 0) is 11.2 Å². The Labute approximate surface area is 164 Å². The van der Waals surface area contributed by atoms with Gasteiger partial charge in [0.2, 0.25) is 5.91 Å². The normalized spacial score (nSPS) is 10.1. The number of benzene rings is 3. The van der Waals surface area contributed by atoms with Gasteiger partial charge >= 0.3 is 0 Å². The summed E-state index contributed by atoms with van der Waals surface area (Å²) in [5.74, 6) is -0.244. The molecule has 0 aliphatic rings. The third kappa shape index (κ3) is 5.99. The highest BCUT2D eigenvalue weighted by Crippen LogP contribution is 2.16. The predicted molar refractivity (Wildman–Crippen MR) is 112 cm³/mol. The van der Waals surface area contributed by atoms with Crippen LogP contribution >= 0.6 is 0 Å². The molecule has 0 radical (unpaired) electrons. The van der Waals surface area contributed by atoms with Gasteiger partial charge in [0, 0.05) is 23.5 Å². The molecule has 0 aliphatic carbocycles. The number of hydrogen-bond acceptors (Lipinski definition) is 3. The zero-order chi connectivity index (χ0) is 19.6. The lowest BCUT2D eigenvalue weighted by Crippen LogP contribution is -2.31. The maximum absolute atomic E-state index is 12.2. The maximum atomic E-state index is 12.2. The molecule has 5 heteroatoms. The minimum atomic E-state index is -0.170. The van der Waals surface area contributed by atoms with E-state index < -0.39 is 0 Å². The summed E-state index contributed by atoms with van der Waals surface area (Å²) in [5.41, 5.74) is 3.23. The van der Waals surface area contributed by atoms with Crippen molar-refractivity contribution in [2.45, 2.75) is 6.42 Å². The summed E-state index contributed by atoms with van der Waals surface area (Å²) in [6.45, 7) is 0.766. The van der Waals surface area contributed by atoms with Crippen LogP contribution in [0.2, 0.25) is 0 Å². The van der Waals surface area contributed by atoms with Crippen molar-refractivity contribution in [3.63, 3.8) is 0 Å². The minimum Gasteiger partial charge on any atom is -0.376 e. The van der Waals surface area contributed by atoms with E-state index in [4.69, 9.17) is 0 Å². The quantitative estimate of drug-likeness (QED) is 0.564.